The normalized spacial score (nSPS) is 12.7. The largest absolute Gasteiger partial charge is 0.486 e. The minimum Gasteiger partial charge on any atom is -0.486 e. The maximum Gasteiger partial charge on any atom is 0.433 e. The number of nitrogens with zero attached hydrogens (tertiary/aromatic N) is 1. The van der Waals surface area contributed by atoms with Crippen LogP contribution >= 0.6 is 11.6 Å². The van der Waals surface area contributed by atoms with Crippen molar-refractivity contribution >= 4 is 23.5 Å². The summed E-state index contributed by atoms with van der Waals surface area (Å²) in [6.45, 7) is 0.727. The molecule has 0 radical (unpaired) electrons. The van der Waals surface area contributed by atoms with Gasteiger partial charge >= 0.3 is 11.9 Å². The van der Waals surface area contributed by atoms with E-state index in [0.29, 0.717) is 35.3 Å². The van der Waals surface area contributed by atoms with Gasteiger partial charge in [-0.2, -0.15) is 0 Å². The number of furan rings is 1. The summed E-state index contributed by atoms with van der Waals surface area (Å²) in [5.41, 5.74) is 0.591. The SMILES string of the molecule is O=C(OCc1cc(Cl)c2c(c1)OCCO2)c1ccc([N+](=O)[O-])o1. The van der Waals surface area contributed by atoms with Crippen molar-refractivity contribution in [2.24, 2.45) is 0 Å². The molecule has 8 nitrogen and oxygen atoms in total. The number of hydrogen-bond donors (Lipinski definition) is 0. The van der Waals surface area contributed by atoms with E-state index < -0.39 is 16.8 Å². The van der Waals surface area contributed by atoms with E-state index in [-0.39, 0.29) is 12.4 Å². The number of ether oxygens (including phenoxy) is 3. The third-order valence-corrected chi connectivity index (χ3v) is 3.28. The van der Waals surface area contributed by atoms with Gasteiger partial charge in [0.2, 0.25) is 5.76 Å². The van der Waals surface area contributed by atoms with Crippen LogP contribution in [0.2, 0.25) is 5.02 Å². The van der Waals surface area contributed by atoms with Crippen molar-refractivity contribution < 1.29 is 28.3 Å². The monoisotopic (exact) mass is 339 g/mol. The lowest BCUT2D eigenvalue weighted by atomic mass is 10.2. The van der Waals surface area contributed by atoms with E-state index in [0.717, 1.165) is 6.07 Å². The van der Waals surface area contributed by atoms with Crippen molar-refractivity contribution in [3.8, 4) is 11.5 Å². The lowest BCUT2D eigenvalue weighted by Gasteiger charge is -2.20. The van der Waals surface area contributed by atoms with Crippen molar-refractivity contribution in [3.63, 3.8) is 0 Å². The van der Waals surface area contributed by atoms with E-state index in [1.807, 2.05) is 0 Å². The predicted octanol–water partition coefficient (Wildman–Crippen LogP) is 2.97. The van der Waals surface area contributed by atoms with E-state index in [1.54, 1.807) is 12.1 Å². The zero-order chi connectivity index (χ0) is 16.4. The number of fused-ring (bicyclic) bond motifs is 1. The van der Waals surface area contributed by atoms with Crippen molar-refractivity contribution in [1.29, 1.82) is 0 Å². The van der Waals surface area contributed by atoms with Crippen LogP contribution in [-0.2, 0) is 11.3 Å². The number of rotatable bonds is 4. The van der Waals surface area contributed by atoms with Crippen molar-refractivity contribution in [2.45, 2.75) is 6.61 Å². The number of nitro groups is 1. The standard InChI is InChI=1S/C14H10ClNO7/c15-9-5-8(6-11-13(9)21-4-3-20-11)7-22-14(17)10-1-2-12(23-10)16(18)19/h1-2,5-6H,3-4,7H2. The predicted molar refractivity (Wildman–Crippen MR) is 76.9 cm³/mol. The van der Waals surface area contributed by atoms with Gasteiger partial charge < -0.3 is 18.6 Å². The summed E-state index contributed by atoms with van der Waals surface area (Å²) in [5.74, 6) is -0.665. The second kappa shape index (κ2) is 6.17. The second-order valence-electron chi connectivity index (χ2n) is 4.57. The van der Waals surface area contributed by atoms with Gasteiger partial charge in [0.1, 0.15) is 24.7 Å². The van der Waals surface area contributed by atoms with Crippen LogP contribution in [0.4, 0.5) is 5.88 Å². The van der Waals surface area contributed by atoms with Crippen LogP contribution in [0.5, 0.6) is 11.5 Å². The summed E-state index contributed by atoms with van der Waals surface area (Å²) in [4.78, 5) is 21.6. The number of halogens is 1. The molecule has 3 rings (SSSR count). The number of hydrogen-bond acceptors (Lipinski definition) is 7. The van der Waals surface area contributed by atoms with E-state index >= 15 is 0 Å². The first-order chi connectivity index (χ1) is 11.0. The Hall–Kier alpha value is -2.74. The van der Waals surface area contributed by atoms with Crippen molar-refractivity contribution in [1.82, 2.24) is 0 Å². The summed E-state index contributed by atoms with van der Waals surface area (Å²) < 4.78 is 20.6. The highest BCUT2D eigenvalue weighted by molar-refractivity contribution is 6.32. The molecule has 1 aromatic carbocycles. The third kappa shape index (κ3) is 3.21. The lowest BCUT2D eigenvalue weighted by molar-refractivity contribution is -0.402. The number of benzene rings is 1. The average Bonchev–Trinajstić information content (AvgIpc) is 3.03. The van der Waals surface area contributed by atoms with Gasteiger partial charge in [-0.15, -0.1) is 0 Å². The van der Waals surface area contributed by atoms with Gasteiger partial charge in [0.25, 0.3) is 0 Å². The van der Waals surface area contributed by atoms with Crippen molar-refractivity contribution in [3.05, 3.63) is 50.7 Å². The van der Waals surface area contributed by atoms with Gasteiger partial charge in [0.05, 0.1) is 11.1 Å². The summed E-state index contributed by atoms with van der Waals surface area (Å²) in [6.07, 6.45) is 0. The van der Waals surface area contributed by atoms with Crippen LogP contribution in [-0.4, -0.2) is 24.1 Å². The molecule has 0 bridgehead atoms. The Morgan fingerprint density at radius 3 is 2.83 bits per heavy atom. The Morgan fingerprint density at radius 2 is 2.09 bits per heavy atom. The van der Waals surface area contributed by atoms with Crippen molar-refractivity contribution in [2.75, 3.05) is 13.2 Å². The smallest absolute Gasteiger partial charge is 0.433 e. The maximum absolute atomic E-state index is 11.8. The topological polar surface area (TPSA) is 101 Å². The summed E-state index contributed by atoms with van der Waals surface area (Å²) in [6, 6.07) is 5.50. The highest BCUT2D eigenvalue weighted by Gasteiger charge is 2.20. The molecule has 1 aliphatic heterocycles. The molecule has 0 N–H and O–H groups in total. The molecule has 0 saturated carbocycles. The van der Waals surface area contributed by atoms with E-state index in [1.165, 1.54) is 6.07 Å². The van der Waals surface area contributed by atoms with Gasteiger partial charge in [-0.1, -0.05) is 11.6 Å². The Labute approximate surface area is 134 Å². The van der Waals surface area contributed by atoms with Crippen LogP contribution < -0.4 is 9.47 Å². The molecule has 9 heteroatoms. The Kier molecular flexibility index (Phi) is 4.07. The molecule has 0 aliphatic carbocycles. The number of carbonyl (C=O) groups is 1. The van der Waals surface area contributed by atoms with Gasteiger partial charge in [0, 0.05) is 0 Å². The van der Waals surface area contributed by atoms with E-state index in [4.69, 9.17) is 30.2 Å². The molecule has 0 unspecified atom stereocenters. The van der Waals surface area contributed by atoms with Gasteiger partial charge in [-0.25, -0.2) is 4.79 Å². The fourth-order valence-corrected chi connectivity index (χ4v) is 2.29. The Bertz CT molecular complexity index is 770. The zero-order valence-corrected chi connectivity index (χ0v) is 12.4. The molecule has 2 aromatic rings. The first-order valence-electron chi connectivity index (χ1n) is 6.54. The quantitative estimate of drug-likeness (QED) is 0.479. The van der Waals surface area contributed by atoms with E-state index in [2.05, 4.69) is 0 Å². The maximum atomic E-state index is 11.8. The van der Waals surface area contributed by atoms with Crippen LogP contribution in [0.25, 0.3) is 0 Å². The molecule has 0 spiro atoms. The molecule has 0 saturated heterocycles. The second-order valence-corrected chi connectivity index (χ2v) is 4.98. The molecule has 1 aromatic heterocycles. The molecular formula is C14H10ClNO7. The molecule has 0 atom stereocenters. The fourth-order valence-electron chi connectivity index (χ4n) is 2.00. The Morgan fingerprint density at radius 1 is 1.30 bits per heavy atom. The van der Waals surface area contributed by atoms with E-state index in [9.17, 15) is 14.9 Å². The van der Waals surface area contributed by atoms with Crippen LogP contribution in [0.1, 0.15) is 16.1 Å². The molecular weight excluding hydrogens is 330 g/mol. The van der Waals surface area contributed by atoms with Crippen LogP contribution in [0, 0.1) is 10.1 Å². The molecule has 23 heavy (non-hydrogen) atoms. The average molecular weight is 340 g/mol. The minimum atomic E-state index is -0.816. The summed E-state index contributed by atoms with van der Waals surface area (Å²) >= 11 is 6.08. The lowest BCUT2D eigenvalue weighted by Crippen LogP contribution is -2.16. The van der Waals surface area contributed by atoms with Crippen LogP contribution in [0.3, 0.4) is 0 Å². The number of carbonyl (C=O) groups excluding carboxylic acids is 1. The molecule has 120 valence electrons. The Balaban J connectivity index is 1.69. The molecule has 0 amide bonds. The summed E-state index contributed by atoms with van der Waals surface area (Å²) in [7, 11) is 0. The highest BCUT2D eigenvalue weighted by Crippen LogP contribution is 2.38. The molecule has 2 heterocycles. The minimum absolute atomic E-state index is 0.0936. The van der Waals surface area contributed by atoms with Gasteiger partial charge in [-0.05, 0) is 23.8 Å². The molecule has 1 aliphatic rings. The zero-order valence-electron chi connectivity index (χ0n) is 11.6. The van der Waals surface area contributed by atoms with Gasteiger partial charge in [-0.3, -0.25) is 10.1 Å². The number of esters is 1. The molecule has 0 fully saturated rings. The van der Waals surface area contributed by atoms with Crippen LogP contribution in [0.15, 0.2) is 28.7 Å². The first kappa shape index (κ1) is 15.2. The fraction of sp³-hybridized carbons (Fsp3) is 0.214. The third-order valence-electron chi connectivity index (χ3n) is 3.00. The van der Waals surface area contributed by atoms with Gasteiger partial charge in [0.15, 0.2) is 11.5 Å². The summed E-state index contributed by atoms with van der Waals surface area (Å²) in [5, 5.41) is 10.9. The highest BCUT2D eigenvalue weighted by atomic mass is 35.5. The first-order valence-corrected chi connectivity index (χ1v) is 6.92.